The van der Waals surface area contributed by atoms with Crippen LogP contribution in [-0.4, -0.2) is 24.4 Å². The molecule has 1 aromatic heterocycles. The average Bonchev–Trinajstić information content (AvgIpc) is 2.98. The molecule has 1 fully saturated rings. The Kier molecular flexibility index (Phi) is 5.11. The number of rotatable bonds is 6. The summed E-state index contributed by atoms with van der Waals surface area (Å²) in [6.07, 6.45) is 0.609. The van der Waals surface area contributed by atoms with Gasteiger partial charge in [0.1, 0.15) is 12.4 Å². The quantitative estimate of drug-likeness (QED) is 0.722. The Morgan fingerprint density at radius 3 is 2.62 bits per heavy atom. The van der Waals surface area contributed by atoms with Crippen LogP contribution in [0.25, 0.3) is 0 Å². The van der Waals surface area contributed by atoms with Gasteiger partial charge in [0.25, 0.3) is 0 Å². The molecule has 5 nitrogen and oxygen atoms in total. The first-order chi connectivity index (χ1) is 13.7. The topological polar surface area (TPSA) is 67.8 Å². The molecule has 1 aromatic carbocycles. The van der Waals surface area contributed by atoms with Crippen molar-refractivity contribution in [1.82, 2.24) is 5.32 Å². The molecule has 2 atom stereocenters. The summed E-state index contributed by atoms with van der Waals surface area (Å²) in [7, 11) is 0. The molecule has 1 saturated carbocycles. The number of hydrogen-bond donors (Lipinski definition) is 2. The van der Waals surface area contributed by atoms with E-state index in [1.54, 1.807) is 11.3 Å². The van der Waals surface area contributed by atoms with Gasteiger partial charge in [0.2, 0.25) is 0 Å². The monoisotopic (exact) mass is 415 g/mol. The second-order valence-electron chi connectivity index (χ2n) is 8.82. The van der Waals surface area contributed by atoms with Crippen molar-refractivity contribution in [3.8, 4) is 10.8 Å². The van der Waals surface area contributed by atoms with E-state index in [9.17, 15) is 4.79 Å². The van der Waals surface area contributed by atoms with Crippen LogP contribution in [0, 0.1) is 32.1 Å². The number of ether oxygens (including phenoxy) is 2. The molecule has 0 radical (unpaired) electrons. The maximum absolute atomic E-state index is 12.4. The fraction of sp³-hybridized carbons (Fsp3) is 0.522. The Labute approximate surface area is 176 Å². The van der Waals surface area contributed by atoms with Crippen molar-refractivity contribution in [2.75, 3.05) is 13.2 Å². The second kappa shape index (κ2) is 7.33. The molecule has 0 aliphatic heterocycles. The number of carbonyl (C=O) groups is 1. The molecular formula is C23H29NO4S. The van der Waals surface area contributed by atoms with Gasteiger partial charge in [-0.15, -0.1) is 11.3 Å². The molecule has 2 aliphatic carbocycles. The molecule has 2 N–H and O–H groups in total. The largest absolute Gasteiger partial charge is 0.491 e. The Hall–Kier alpha value is -2.05. The maximum atomic E-state index is 12.4. The first-order valence-electron chi connectivity index (χ1n) is 10.2. The number of hydrogen-bond acceptors (Lipinski definition) is 5. The molecule has 0 saturated heterocycles. The van der Waals surface area contributed by atoms with Crippen molar-refractivity contribution in [3.05, 3.63) is 44.8 Å². The summed E-state index contributed by atoms with van der Waals surface area (Å²) in [5, 5.41) is 12.6. The molecule has 1 heterocycles. The molecule has 2 aliphatic rings. The predicted molar refractivity (Wildman–Crippen MR) is 114 cm³/mol. The summed E-state index contributed by atoms with van der Waals surface area (Å²) in [5.41, 5.74) is 6.02. The van der Waals surface area contributed by atoms with Crippen molar-refractivity contribution < 1.29 is 19.4 Å². The molecule has 0 bridgehead atoms. The van der Waals surface area contributed by atoms with Crippen molar-refractivity contribution in [3.63, 3.8) is 0 Å². The number of aliphatic hydroxyl groups excluding tert-OH is 1. The van der Waals surface area contributed by atoms with Gasteiger partial charge in [-0.3, -0.25) is 0 Å². The van der Waals surface area contributed by atoms with Crippen molar-refractivity contribution in [2.45, 2.75) is 53.5 Å². The lowest BCUT2D eigenvalue weighted by Crippen LogP contribution is -2.26. The molecule has 29 heavy (non-hydrogen) atoms. The van der Waals surface area contributed by atoms with E-state index in [1.807, 2.05) is 26.0 Å². The van der Waals surface area contributed by atoms with Gasteiger partial charge in [-0.2, -0.15) is 0 Å². The Morgan fingerprint density at radius 2 is 1.97 bits per heavy atom. The van der Waals surface area contributed by atoms with Gasteiger partial charge in [-0.25, -0.2) is 4.79 Å². The molecule has 4 rings (SSSR count). The lowest BCUT2D eigenvalue weighted by molar-refractivity contribution is 0.199. The van der Waals surface area contributed by atoms with Crippen molar-refractivity contribution in [1.29, 1.82) is 0 Å². The van der Waals surface area contributed by atoms with Crippen LogP contribution in [0.3, 0.4) is 0 Å². The summed E-state index contributed by atoms with van der Waals surface area (Å²) >= 11 is 1.59. The SMILES string of the molecule is Cc1cc(CNC(=O)Oc2sc(C)c3c2C[C@@H]2[C@H]3C2(C)C)cc(C)c1OCCO. The molecular weight excluding hydrogens is 386 g/mol. The Balaban J connectivity index is 1.39. The van der Waals surface area contributed by atoms with E-state index >= 15 is 0 Å². The third-order valence-electron chi connectivity index (χ3n) is 6.46. The maximum Gasteiger partial charge on any atom is 0.413 e. The second-order valence-corrected chi connectivity index (χ2v) is 10.0. The number of benzene rings is 1. The van der Waals surface area contributed by atoms with Gasteiger partial charge in [-0.1, -0.05) is 26.0 Å². The number of fused-ring (bicyclic) bond motifs is 3. The van der Waals surface area contributed by atoms with Gasteiger partial charge >= 0.3 is 6.09 Å². The van der Waals surface area contributed by atoms with Crippen LogP contribution in [0.4, 0.5) is 4.79 Å². The van der Waals surface area contributed by atoms with E-state index in [1.165, 1.54) is 16.0 Å². The Bertz CT molecular complexity index is 939. The molecule has 0 spiro atoms. The van der Waals surface area contributed by atoms with Crippen LogP contribution in [0.1, 0.15) is 52.5 Å². The first-order valence-corrected chi connectivity index (χ1v) is 11.0. The summed E-state index contributed by atoms with van der Waals surface area (Å²) < 4.78 is 11.3. The standard InChI is InChI=1S/C23H29NO4S/c1-12-8-15(9-13(2)20(12)27-7-6-25)11-24-22(26)28-21-16-10-17-19(23(17,4)5)18(16)14(3)29-21/h8-9,17,19,25H,6-7,10-11H2,1-5H3,(H,24,26)/t17-,19-/m1/s1. The third-order valence-corrected chi connectivity index (χ3v) is 7.50. The number of carbonyl (C=O) groups excluding carboxylic acids is 1. The van der Waals surface area contributed by atoms with E-state index in [2.05, 4.69) is 26.1 Å². The van der Waals surface area contributed by atoms with Crippen molar-refractivity contribution in [2.24, 2.45) is 11.3 Å². The fourth-order valence-corrected chi connectivity index (χ4v) is 6.06. The van der Waals surface area contributed by atoms with Gasteiger partial charge in [-0.05, 0) is 66.7 Å². The summed E-state index contributed by atoms with van der Waals surface area (Å²) in [5.74, 6) is 2.12. The van der Waals surface area contributed by atoms with Gasteiger partial charge in [0.05, 0.1) is 6.61 Å². The first kappa shape index (κ1) is 20.2. The predicted octanol–water partition coefficient (Wildman–Crippen LogP) is 4.63. The van der Waals surface area contributed by atoms with Crippen LogP contribution < -0.4 is 14.8 Å². The van der Waals surface area contributed by atoms with E-state index in [0.29, 0.717) is 23.8 Å². The van der Waals surface area contributed by atoms with Crippen LogP contribution in [0.15, 0.2) is 12.1 Å². The smallest absolute Gasteiger partial charge is 0.413 e. The fourth-order valence-electron chi connectivity index (χ4n) is 4.99. The van der Waals surface area contributed by atoms with Crippen LogP contribution in [0.5, 0.6) is 10.8 Å². The minimum atomic E-state index is -0.412. The molecule has 0 unspecified atom stereocenters. The Morgan fingerprint density at radius 1 is 1.28 bits per heavy atom. The normalized spacial score (nSPS) is 20.8. The van der Waals surface area contributed by atoms with Crippen LogP contribution in [-0.2, 0) is 13.0 Å². The average molecular weight is 416 g/mol. The summed E-state index contributed by atoms with van der Waals surface area (Å²) in [6.45, 7) is 11.4. The molecule has 2 aromatic rings. The highest BCUT2D eigenvalue weighted by atomic mass is 32.1. The van der Waals surface area contributed by atoms with E-state index in [4.69, 9.17) is 14.6 Å². The number of nitrogens with one attached hydrogen (secondary N) is 1. The van der Waals surface area contributed by atoms with E-state index < -0.39 is 6.09 Å². The lowest BCUT2D eigenvalue weighted by atomic mass is 9.96. The highest BCUT2D eigenvalue weighted by molar-refractivity contribution is 7.14. The lowest BCUT2D eigenvalue weighted by Gasteiger charge is -2.14. The van der Waals surface area contributed by atoms with Gasteiger partial charge in [0.15, 0.2) is 5.06 Å². The van der Waals surface area contributed by atoms with Crippen LogP contribution >= 0.6 is 11.3 Å². The zero-order valence-electron chi connectivity index (χ0n) is 17.7. The minimum Gasteiger partial charge on any atom is -0.491 e. The third kappa shape index (κ3) is 3.53. The summed E-state index contributed by atoms with van der Waals surface area (Å²) in [6, 6.07) is 3.98. The van der Waals surface area contributed by atoms with Gasteiger partial charge in [0, 0.05) is 17.0 Å². The zero-order chi connectivity index (χ0) is 20.9. The number of aryl methyl sites for hydroxylation is 3. The number of aliphatic hydroxyl groups is 1. The van der Waals surface area contributed by atoms with Crippen LogP contribution in [0.2, 0.25) is 0 Å². The highest BCUT2D eigenvalue weighted by Gasteiger charge is 2.63. The van der Waals surface area contributed by atoms with E-state index in [-0.39, 0.29) is 13.2 Å². The van der Waals surface area contributed by atoms with E-state index in [0.717, 1.165) is 33.9 Å². The molecule has 6 heteroatoms. The number of thiophene rings is 1. The van der Waals surface area contributed by atoms with Crippen molar-refractivity contribution >= 4 is 17.4 Å². The number of amides is 1. The minimum absolute atomic E-state index is 0.0150. The zero-order valence-corrected chi connectivity index (χ0v) is 18.5. The summed E-state index contributed by atoms with van der Waals surface area (Å²) in [4.78, 5) is 13.7. The highest BCUT2D eigenvalue weighted by Crippen LogP contribution is 2.72. The van der Waals surface area contributed by atoms with Gasteiger partial charge < -0.3 is 19.9 Å². The molecule has 1 amide bonds. The molecule has 156 valence electrons.